The van der Waals surface area contributed by atoms with Crippen LogP contribution in [0.2, 0.25) is 0 Å². The third-order valence-corrected chi connectivity index (χ3v) is 10.9. The zero-order valence-electron chi connectivity index (χ0n) is 27.8. The average Bonchev–Trinajstić information content (AvgIpc) is 3.61. The van der Waals surface area contributed by atoms with Crippen molar-refractivity contribution in [3.63, 3.8) is 0 Å². The van der Waals surface area contributed by atoms with Crippen LogP contribution in [-0.2, 0) is 0 Å². The monoisotopic (exact) mass is 645 g/mol. The Morgan fingerprint density at radius 2 is 0.745 bits per heavy atom. The van der Waals surface area contributed by atoms with E-state index in [1.807, 2.05) is 0 Å². The maximum atomic E-state index is 2.49. The normalized spacial score (nSPS) is 11.9. The van der Waals surface area contributed by atoms with Gasteiger partial charge in [-0.05, 0) is 94.5 Å². The molecule has 0 amide bonds. The standard InChI is InChI=1S/C50H31N/c1-3-13-32(14-4-1)45-31-44-42-23-11-17-34-25-26-35-18-12-24-43(49(35)48(34)42)50(44)51(45)37-29-27-36(28-30-37)47-40-21-9-7-19-38(40)46(33-15-5-2-6-16-33)39-20-8-10-22-41(39)47/h1-31H. The predicted molar refractivity (Wildman–Crippen MR) is 218 cm³/mol. The van der Waals surface area contributed by atoms with Crippen molar-refractivity contribution in [1.82, 2.24) is 4.57 Å². The molecule has 1 heteroatoms. The molecule has 0 radical (unpaired) electrons. The van der Waals surface area contributed by atoms with Crippen molar-refractivity contribution in [1.29, 1.82) is 0 Å². The molecule has 1 nitrogen and oxygen atoms in total. The van der Waals surface area contributed by atoms with Crippen molar-refractivity contribution in [2.75, 3.05) is 0 Å². The van der Waals surface area contributed by atoms with E-state index in [4.69, 9.17) is 0 Å². The number of aromatic nitrogens is 1. The van der Waals surface area contributed by atoms with E-state index in [1.165, 1.54) is 98.3 Å². The molecule has 0 atom stereocenters. The molecule has 10 aromatic carbocycles. The van der Waals surface area contributed by atoms with Crippen LogP contribution in [0.4, 0.5) is 0 Å². The summed E-state index contributed by atoms with van der Waals surface area (Å²) in [4.78, 5) is 0. The fourth-order valence-corrected chi connectivity index (χ4v) is 8.78. The molecule has 1 heterocycles. The minimum atomic E-state index is 1.15. The topological polar surface area (TPSA) is 4.93 Å². The van der Waals surface area contributed by atoms with Gasteiger partial charge in [-0.25, -0.2) is 0 Å². The van der Waals surface area contributed by atoms with Crippen LogP contribution in [0.5, 0.6) is 0 Å². The first-order valence-corrected chi connectivity index (χ1v) is 17.7. The number of rotatable bonds is 4. The molecule has 0 unspecified atom stereocenters. The molecule has 0 spiro atoms. The number of fused-ring (bicyclic) bond motifs is 5. The lowest BCUT2D eigenvalue weighted by Gasteiger charge is -2.19. The predicted octanol–water partition coefficient (Wildman–Crippen LogP) is 13.8. The highest BCUT2D eigenvalue weighted by molar-refractivity contribution is 6.34. The second-order valence-electron chi connectivity index (χ2n) is 13.6. The van der Waals surface area contributed by atoms with Gasteiger partial charge < -0.3 is 4.57 Å². The third-order valence-electron chi connectivity index (χ3n) is 10.9. The summed E-state index contributed by atoms with van der Waals surface area (Å²) in [5.41, 5.74) is 9.81. The highest BCUT2D eigenvalue weighted by Crippen LogP contribution is 2.46. The lowest BCUT2D eigenvalue weighted by atomic mass is 9.86. The van der Waals surface area contributed by atoms with Crippen molar-refractivity contribution in [2.45, 2.75) is 0 Å². The molecule has 0 N–H and O–H groups in total. The molecule has 0 bridgehead atoms. The van der Waals surface area contributed by atoms with Gasteiger partial charge in [0, 0.05) is 16.5 Å². The van der Waals surface area contributed by atoms with Crippen LogP contribution in [-0.4, -0.2) is 4.57 Å². The van der Waals surface area contributed by atoms with Gasteiger partial charge >= 0.3 is 0 Å². The molecule has 11 rings (SSSR count). The van der Waals surface area contributed by atoms with E-state index in [2.05, 4.69) is 193 Å². The van der Waals surface area contributed by atoms with Gasteiger partial charge in [-0.3, -0.25) is 0 Å². The molecular formula is C50H31N. The highest BCUT2D eigenvalue weighted by Gasteiger charge is 2.21. The Kier molecular flexibility index (Phi) is 6.02. The van der Waals surface area contributed by atoms with Gasteiger partial charge in [0.1, 0.15) is 0 Å². The quantitative estimate of drug-likeness (QED) is 0.133. The summed E-state index contributed by atoms with van der Waals surface area (Å²) in [6, 6.07) is 69.2. The van der Waals surface area contributed by atoms with Gasteiger partial charge in [0.25, 0.3) is 0 Å². The average molecular weight is 646 g/mol. The maximum absolute atomic E-state index is 2.49. The molecule has 11 aromatic rings. The van der Waals surface area contributed by atoms with Gasteiger partial charge in [-0.1, -0.05) is 170 Å². The van der Waals surface area contributed by atoms with E-state index in [1.54, 1.807) is 0 Å². The van der Waals surface area contributed by atoms with Crippen molar-refractivity contribution in [3.05, 3.63) is 188 Å². The summed E-state index contributed by atoms with van der Waals surface area (Å²) >= 11 is 0. The molecule has 51 heavy (non-hydrogen) atoms. The molecule has 0 aliphatic carbocycles. The van der Waals surface area contributed by atoms with Crippen LogP contribution >= 0.6 is 0 Å². The Morgan fingerprint density at radius 1 is 0.294 bits per heavy atom. The Hall–Kier alpha value is -6.70. The van der Waals surface area contributed by atoms with E-state index >= 15 is 0 Å². The Morgan fingerprint density at radius 3 is 1.31 bits per heavy atom. The van der Waals surface area contributed by atoms with E-state index in [-0.39, 0.29) is 0 Å². The van der Waals surface area contributed by atoms with Gasteiger partial charge in [-0.2, -0.15) is 0 Å². The van der Waals surface area contributed by atoms with Gasteiger partial charge in [0.2, 0.25) is 0 Å². The summed E-state index contributed by atoms with van der Waals surface area (Å²) in [5, 5.41) is 14.2. The number of benzene rings is 10. The van der Waals surface area contributed by atoms with Gasteiger partial charge in [0.15, 0.2) is 0 Å². The van der Waals surface area contributed by atoms with Gasteiger partial charge in [0.05, 0.1) is 11.2 Å². The SMILES string of the molecule is c1ccc(-c2c3ccccc3c(-c3ccc(-n4c(-c5ccccc5)cc5c6cccc7ccc8cccc(c8c76)c54)cc3)c3ccccc23)cc1. The fraction of sp³-hybridized carbons (Fsp3) is 0. The molecule has 0 saturated heterocycles. The maximum Gasteiger partial charge on any atom is 0.0620 e. The van der Waals surface area contributed by atoms with E-state index in [0.29, 0.717) is 0 Å². The fourth-order valence-electron chi connectivity index (χ4n) is 8.78. The number of nitrogens with zero attached hydrogens (tertiary/aromatic N) is 1. The summed E-state index contributed by atoms with van der Waals surface area (Å²) in [6.45, 7) is 0. The zero-order chi connectivity index (χ0) is 33.5. The van der Waals surface area contributed by atoms with E-state index < -0.39 is 0 Å². The van der Waals surface area contributed by atoms with Crippen LogP contribution in [0.3, 0.4) is 0 Å². The van der Waals surface area contributed by atoms with Crippen LogP contribution in [0.1, 0.15) is 0 Å². The van der Waals surface area contributed by atoms with Crippen LogP contribution in [0.25, 0.3) is 104 Å². The first-order valence-electron chi connectivity index (χ1n) is 17.7. The summed E-state index contributed by atoms with van der Waals surface area (Å²) < 4.78 is 2.49. The Labute approximate surface area is 295 Å². The lowest BCUT2D eigenvalue weighted by molar-refractivity contribution is 1.14. The first-order chi connectivity index (χ1) is 25.3. The van der Waals surface area contributed by atoms with Crippen molar-refractivity contribution in [2.24, 2.45) is 0 Å². The highest BCUT2D eigenvalue weighted by atomic mass is 15.0. The summed E-state index contributed by atoms with van der Waals surface area (Å²) in [5.74, 6) is 0. The molecule has 0 saturated carbocycles. The second-order valence-corrected chi connectivity index (χ2v) is 13.6. The zero-order valence-corrected chi connectivity index (χ0v) is 27.8. The molecule has 236 valence electrons. The smallest absolute Gasteiger partial charge is 0.0620 e. The van der Waals surface area contributed by atoms with Crippen molar-refractivity contribution < 1.29 is 0 Å². The van der Waals surface area contributed by atoms with Crippen LogP contribution in [0, 0.1) is 0 Å². The molecule has 0 fully saturated rings. The molecule has 1 aromatic heterocycles. The Bertz CT molecular complexity index is 3040. The molecular weight excluding hydrogens is 615 g/mol. The molecule has 0 aliphatic rings. The second kappa shape index (κ2) is 10.9. The van der Waals surface area contributed by atoms with E-state index in [9.17, 15) is 0 Å². The minimum Gasteiger partial charge on any atom is -0.309 e. The first kappa shape index (κ1) is 28.2. The van der Waals surface area contributed by atoms with Crippen molar-refractivity contribution >= 4 is 64.8 Å². The molecule has 0 aliphatic heterocycles. The van der Waals surface area contributed by atoms with Crippen LogP contribution in [0.15, 0.2) is 188 Å². The largest absolute Gasteiger partial charge is 0.309 e. The van der Waals surface area contributed by atoms with E-state index in [0.717, 1.165) is 5.69 Å². The lowest BCUT2D eigenvalue weighted by Crippen LogP contribution is -1.98. The van der Waals surface area contributed by atoms with Crippen molar-refractivity contribution in [3.8, 4) is 39.2 Å². The summed E-state index contributed by atoms with van der Waals surface area (Å²) in [6.07, 6.45) is 0. The number of hydrogen-bond acceptors (Lipinski definition) is 0. The Balaban J connectivity index is 1.20. The minimum absolute atomic E-state index is 1.15. The third kappa shape index (κ3) is 4.09. The number of hydrogen-bond donors (Lipinski definition) is 0. The van der Waals surface area contributed by atoms with Gasteiger partial charge in [-0.15, -0.1) is 0 Å². The van der Waals surface area contributed by atoms with Crippen LogP contribution < -0.4 is 0 Å². The summed E-state index contributed by atoms with van der Waals surface area (Å²) in [7, 11) is 0.